The van der Waals surface area contributed by atoms with Gasteiger partial charge >= 0.3 is 0 Å². The Bertz CT molecular complexity index is 332. The van der Waals surface area contributed by atoms with Crippen molar-refractivity contribution in [3.05, 3.63) is 30.3 Å². The predicted molar refractivity (Wildman–Crippen MR) is 86.3 cm³/mol. The summed E-state index contributed by atoms with van der Waals surface area (Å²) >= 11 is 0. The summed E-state index contributed by atoms with van der Waals surface area (Å²) in [5, 5.41) is 3.56. The number of rotatable bonds is 11. The second-order valence-electron chi connectivity index (χ2n) is 5.15. The molecule has 0 heterocycles. The average molecular weight is 279 g/mol. The van der Waals surface area contributed by atoms with Gasteiger partial charge in [0.15, 0.2) is 0 Å². The van der Waals surface area contributed by atoms with Crippen molar-refractivity contribution >= 4 is 5.69 Å². The molecule has 0 aliphatic carbocycles. The molecule has 0 saturated carbocycles. The standard InChI is InChI=1S/C16H29N3O/c1-19(16-9-4-3-5-10-16)13-7-12-18-15(14-20-2)8-6-11-17/h3-5,9-10,15,18H,6-8,11-14,17H2,1-2H3. The molecule has 0 aromatic heterocycles. The normalized spacial score (nSPS) is 12.3. The van der Waals surface area contributed by atoms with Gasteiger partial charge in [-0.25, -0.2) is 0 Å². The molecule has 1 aromatic carbocycles. The van der Waals surface area contributed by atoms with Gasteiger partial charge in [0.2, 0.25) is 0 Å². The first-order chi connectivity index (χ1) is 9.77. The molecule has 0 aliphatic rings. The summed E-state index contributed by atoms with van der Waals surface area (Å²) in [6, 6.07) is 10.9. The monoisotopic (exact) mass is 279 g/mol. The lowest BCUT2D eigenvalue weighted by molar-refractivity contribution is 0.161. The van der Waals surface area contributed by atoms with Gasteiger partial charge in [0.25, 0.3) is 0 Å². The van der Waals surface area contributed by atoms with E-state index in [0.717, 1.165) is 45.5 Å². The number of anilines is 1. The minimum absolute atomic E-state index is 0.422. The zero-order valence-electron chi connectivity index (χ0n) is 12.8. The van der Waals surface area contributed by atoms with E-state index in [1.807, 2.05) is 6.07 Å². The van der Waals surface area contributed by atoms with Crippen molar-refractivity contribution in [2.75, 3.05) is 45.3 Å². The Morgan fingerprint density at radius 3 is 2.65 bits per heavy atom. The highest BCUT2D eigenvalue weighted by Gasteiger charge is 2.07. The molecule has 0 aliphatic heterocycles. The van der Waals surface area contributed by atoms with E-state index in [-0.39, 0.29) is 0 Å². The van der Waals surface area contributed by atoms with Crippen LogP contribution in [0.2, 0.25) is 0 Å². The van der Waals surface area contributed by atoms with Crippen molar-refractivity contribution in [3.8, 4) is 0 Å². The van der Waals surface area contributed by atoms with Crippen LogP contribution < -0.4 is 16.0 Å². The Hall–Kier alpha value is -1.10. The van der Waals surface area contributed by atoms with Gasteiger partial charge in [-0.2, -0.15) is 0 Å². The summed E-state index contributed by atoms with van der Waals surface area (Å²) in [5.74, 6) is 0. The molecule has 1 unspecified atom stereocenters. The molecule has 1 rings (SSSR count). The van der Waals surface area contributed by atoms with Crippen molar-refractivity contribution in [2.45, 2.75) is 25.3 Å². The molecule has 4 heteroatoms. The Morgan fingerprint density at radius 1 is 1.25 bits per heavy atom. The van der Waals surface area contributed by atoms with E-state index in [2.05, 4.69) is 41.5 Å². The van der Waals surface area contributed by atoms with Gasteiger partial charge in [0, 0.05) is 32.4 Å². The van der Waals surface area contributed by atoms with Gasteiger partial charge in [0.1, 0.15) is 0 Å². The van der Waals surface area contributed by atoms with E-state index in [1.54, 1.807) is 7.11 Å². The van der Waals surface area contributed by atoms with Crippen molar-refractivity contribution in [1.82, 2.24) is 5.32 Å². The number of hydrogen-bond donors (Lipinski definition) is 2. The summed E-state index contributed by atoms with van der Waals surface area (Å²) in [5.41, 5.74) is 6.82. The van der Waals surface area contributed by atoms with Crippen LogP contribution in [0.1, 0.15) is 19.3 Å². The maximum Gasteiger partial charge on any atom is 0.0615 e. The lowest BCUT2D eigenvalue weighted by atomic mass is 10.1. The Morgan fingerprint density at radius 2 is 2.00 bits per heavy atom. The zero-order valence-corrected chi connectivity index (χ0v) is 12.8. The summed E-state index contributed by atoms with van der Waals surface area (Å²) in [6.07, 6.45) is 3.25. The van der Waals surface area contributed by atoms with Crippen LogP contribution in [-0.2, 0) is 4.74 Å². The van der Waals surface area contributed by atoms with Gasteiger partial charge in [-0.3, -0.25) is 0 Å². The van der Waals surface area contributed by atoms with Gasteiger partial charge in [0.05, 0.1) is 6.61 Å². The van der Waals surface area contributed by atoms with Crippen LogP contribution in [0, 0.1) is 0 Å². The van der Waals surface area contributed by atoms with Crippen LogP contribution in [0.15, 0.2) is 30.3 Å². The van der Waals surface area contributed by atoms with Crippen molar-refractivity contribution in [1.29, 1.82) is 0 Å². The molecule has 114 valence electrons. The van der Waals surface area contributed by atoms with Crippen LogP contribution >= 0.6 is 0 Å². The van der Waals surface area contributed by atoms with E-state index < -0.39 is 0 Å². The topological polar surface area (TPSA) is 50.5 Å². The molecule has 3 N–H and O–H groups in total. The van der Waals surface area contributed by atoms with Crippen LogP contribution in [0.4, 0.5) is 5.69 Å². The Labute approximate surface area is 123 Å². The maximum absolute atomic E-state index is 5.56. The minimum Gasteiger partial charge on any atom is -0.383 e. The molecule has 0 radical (unpaired) electrons. The fourth-order valence-corrected chi connectivity index (χ4v) is 2.24. The summed E-state index contributed by atoms with van der Waals surface area (Å²) in [4.78, 5) is 2.28. The SMILES string of the molecule is COCC(CCCN)NCCCN(C)c1ccccc1. The molecule has 1 atom stereocenters. The molecule has 0 spiro atoms. The van der Waals surface area contributed by atoms with E-state index in [1.165, 1.54) is 5.69 Å². The molecule has 4 nitrogen and oxygen atoms in total. The third kappa shape index (κ3) is 6.89. The zero-order chi connectivity index (χ0) is 14.6. The van der Waals surface area contributed by atoms with E-state index >= 15 is 0 Å². The molecule has 0 saturated heterocycles. The number of hydrogen-bond acceptors (Lipinski definition) is 4. The quantitative estimate of drug-likeness (QED) is 0.607. The smallest absolute Gasteiger partial charge is 0.0615 e. The maximum atomic E-state index is 5.56. The third-order valence-electron chi connectivity index (χ3n) is 3.42. The van der Waals surface area contributed by atoms with Crippen LogP contribution in [0.5, 0.6) is 0 Å². The minimum atomic E-state index is 0.422. The second-order valence-corrected chi connectivity index (χ2v) is 5.15. The number of nitrogens with two attached hydrogens (primary N) is 1. The number of nitrogens with zero attached hydrogens (tertiary/aromatic N) is 1. The number of methoxy groups -OCH3 is 1. The van der Waals surface area contributed by atoms with Crippen molar-refractivity contribution in [3.63, 3.8) is 0 Å². The van der Waals surface area contributed by atoms with E-state index in [9.17, 15) is 0 Å². The predicted octanol–water partition coefficient (Wildman–Crippen LogP) is 1.86. The Kier molecular flexibility index (Phi) is 9.04. The first kappa shape index (κ1) is 17.0. The summed E-state index contributed by atoms with van der Waals surface area (Å²) in [6.45, 7) is 3.57. The first-order valence-electron chi connectivity index (χ1n) is 7.46. The molecular formula is C16H29N3O. The summed E-state index contributed by atoms with van der Waals surface area (Å²) in [7, 11) is 3.89. The van der Waals surface area contributed by atoms with E-state index in [0.29, 0.717) is 6.04 Å². The highest BCUT2D eigenvalue weighted by atomic mass is 16.5. The molecular weight excluding hydrogens is 250 g/mol. The fraction of sp³-hybridized carbons (Fsp3) is 0.625. The number of benzene rings is 1. The van der Waals surface area contributed by atoms with Gasteiger partial charge < -0.3 is 20.7 Å². The lowest BCUT2D eigenvalue weighted by Crippen LogP contribution is -2.35. The van der Waals surface area contributed by atoms with Gasteiger partial charge in [-0.15, -0.1) is 0 Å². The van der Waals surface area contributed by atoms with Crippen molar-refractivity contribution in [2.24, 2.45) is 5.73 Å². The average Bonchev–Trinajstić information content (AvgIpc) is 2.49. The van der Waals surface area contributed by atoms with Crippen LogP contribution in [0.25, 0.3) is 0 Å². The van der Waals surface area contributed by atoms with E-state index in [4.69, 9.17) is 10.5 Å². The van der Waals surface area contributed by atoms with Crippen molar-refractivity contribution < 1.29 is 4.74 Å². The molecule has 20 heavy (non-hydrogen) atoms. The largest absolute Gasteiger partial charge is 0.383 e. The highest BCUT2D eigenvalue weighted by molar-refractivity contribution is 5.44. The Balaban J connectivity index is 2.19. The fourth-order valence-electron chi connectivity index (χ4n) is 2.24. The second kappa shape index (κ2) is 10.7. The molecule has 1 aromatic rings. The third-order valence-corrected chi connectivity index (χ3v) is 3.42. The number of ether oxygens (including phenoxy) is 1. The lowest BCUT2D eigenvalue weighted by Gasteiger charge is -2.21. The molecule has 0 amide bonds. The van der Waals surface area contributed by atoms with Gasteiger partial charge in [-0.1, -0.05) is 18.2 Å². The highest BCUT2D eigenvalue weighted by Crippen LogP contribution is 2.10. The van der Waals surface area contributed by atoms with Crippen LogP contribution in [-0.4, -0.2) is 46.4 Å². The number of nitrogens with one attached hydrogen (secondary N) is 1. The molecule has 0 bridgehead atoms. The summed E-state index contributed by atoms with van der Waals surface area (Å²) < 4.78 is 5.23. The van der Waals surface area contributed by atoms with Gasteiger partial charge in [-0.05, 0) is 44.5 Å². The van der Waals surface area contributed by atoms with Crippen LogP contribution in [0.3, 0.4) is 0 Å². The molecule has 0 fully saturated rings. The number of para-hydroxylation sites is 1. The first-order valence-corrected chi connectivity index (χ1v) is 7.46.